The number of aliphatic hydroxyl groups is 1. The predicted octanol–water partition coefficient (Wildman–Crippen LogP) is 0.457. The molecule has 0 aromatic heterocycles. The highest BCUT2D eigenvalue weighted by atomic mass is 16.5. The number of fused-ring (bicyclic) bond motifs is 2. The van der Waals surface area contributed by atoms with Crippen molar-refractivity contribution in [2.45, 2.75) is 12.8 Å². The fourth-order valence-electron chi connectivity index (χ4n) is 3.45. The lowest BCUT2D eigenvalue weighted by Gasteiger charge is -2.29. The molecule has 0 aliphatic carbocycles. The standard InChI is InChI=1S/C20H33N3O5/c21-19-17-2-1-3-18(19)20(24)23-6-10-27-14-12-25-8-4-22(16-17)5-9-26-13-15-28-11-7-23/h1-3,20,24H,4-16,21H2. The minimum atomic E-state index is -0.802. The van der Waals surface area contributed by atoms with Gasteiger partial charge in [0.05, 0.1) is 52.9 Å². The fraction of sp³-hybridized carbons (Fsp3) is 0.700. The van der Waals surface area contributed by atoms with Crippen LogP contribution in [0.25, 0.3) is 0 Å². The lowest BCUT2D eigenvalue weighted by atomic mass is 10.0. The summed E-state index contributed by atoms with van der Waals surface area (Å²) in [5.41, 5.74) is 8.85. The van der Waals surface area contributed by atoms with Crippen molar-refractivity contribution in [1.82, 2.24) is 9.80 Å². The monoisotopic (exact) mass is 395 g/mol. The van der Waals surface area contributed by atoms with Crippen LogP contribution < -0.4 is 5.73 Å². The first-order valence-electron chi connectivity index (χ1n) is 10.1. The van der Waals surface area contributed by atoms with Crippen LogP contribution in [0.4, 0.5) is 5.69 Å². The fourth-order valence-corrected chi connectivity index (χ4v) is 3.45. The van der Waals surface area contributed by atoms with E-state index in [9.17, 15) is 5.11 Å². The van der Waals surface area contributed by atoms with Crippen molar-refractivity contribution >= 4 is 5.69 Å². The van der Waals surface area contributed by atoms with Gasteiger partial charge in [-0.15, -0.1) is 0 Å². The molecule has 8 nitrogen and oxygen atoms in total. The Balaban J connectivity index is 1.88. The van der Waals surface area contributed by atoms with Gasteiger partial charge in [-0.1, -0.05) is 18.2 Å². The molecule has 0 radical (unpaired) electrons. The van der Waals surface area contributed by atoms with E-state index in [1.807, 2.05) is 23.1 Å². The minimum absolute atomic E-state index is 0.509. The maximum absolute atomic E-state index is 11.0. The minimum Gasteiger partial charge on any atom is -0.398 e. The Morgan fingerprint density at radius 3 is 1.89 bits per heavy atom. The second-order valence-electron chi connectivity index (χ2n) is 7.06. The summed E-state index contributed by atoms with van der Waals surface area (Å²) in [5.74, 6) is 0. The number of hydrogen-bond acceptors (Lipinski definition) is 8. The highest BCUT2D eigenvalue weighted by Crippen LogP contribution is 2.27. The Kier molecular flexibility index (Phi) is 8.94. The molecular weight excluding hydrogens is 362 g/mol. The van der Waals surface area contributed by atoms with E-state index >= 15 is 0 Å². The molecule has 8 heteroatoms. The van der Waals surface area contributed by atoms with Gasteiger partial charge in [-0.3, -0.25) is 9.80 Å². The van der Waals surface area contributed by atoms with Crippen LogP contribution in [0.3, 0.4) is 0 Å². The molecule has 0 spiro atoms. The van der Waals surface area contributed by atoms with Gasteiger partial charge in [-0.05, 0) is 5.56 Å². The zero-order valence-corrected chi connectivity index (χ0v) is 16.6. The molecule has 1 aromatic carbocycles. The SMILES string of the molecule is Nc1c2cccc1C(O)N1CCOCCOCCN(CCOCCOCC1)C2. The molecule has 158 valence electrons. The Labute approximate surface area is 167 Å². The second kappa shape index (κ2) is 11.7. The molecule has 4 bridgehead atoms. The number of benzene rings is 1. The molecule has 3 rings (SSSR count). The number of hydrogen-bond donors (Lipinski definition) is 2. The molecule has 0 amide bonds. The van der Waals surface area contributed by atoms with Crippen LogP contribution >= 0.6 is 0 Å². The van der Waals surface area contributed by atoms with Crippen molar-refractivity contribution < 1.29 is 24.1 Å². The van der Waals surface area contributed by atoms with Gasteiger partial charge < -0.3 is 29.8 Å². The van der Waals surface area contributed by atoms with Gasteiger partial charge in [0, 0.05) is 44.0 Å². The van der Waals surface area contributed by atoms with Gasteiger partial charge in [0.25, 0.3) is 0 Å². The molecule has 0 saturated carbocycles. The van der Waals surface area contributed by atoms with E-state index in [1.165, 1.54) is 0 Å². The van der Waals surface area contributed by atoms with Crippen LogP contribution in [0.1, 0.15) is 17.4 Å². The molecule has 1 aromatic rings. The number of anilines is 1. The summed E-state index contributed by atoms with van der Waals surface area (Å²) in [6, 6.07) is 5.87. The van der Waals surface area contributed by atoms with Crippen molar-refractivity contribution in [1.29, 1.82) is 0 Å². The number of nitrogen functional groups attached to an aromatic ring is 1. The molecule has 0 saturated heterocycles. The van der Waals surface area contributed by atoms with Crippen LogP contribution in [0, 0.1) is 0 Å². The summed E-state index contributed by atoms with van der Waals surface area (Å²) < 4.78 is 22.8. The van der Waals surface area contributed by atoms with Crippen LogP contribution in [0.5, 0.6) is 0 Å². The van der Waals surface area contributed by atoms with Crippen molar-refractivity contribution in [3.63, 3.8) is 0 Å². The third-order valence-corrected chi connectivity index (χ3v) is 5.14. The van der Waals surface area contributed by atoms with E-state index in [0.29, 0.717) is 78.2 Å². The van der Waals surface area contributed by atoms with E-state index in [1.54, 1.807) is 0 Å². The normalized spacial score (nSPS) is 29.1. The van der Waals surface area contributed by atoms with Crippen LogP contribution in [-0.4, -0.2) is 93.9 Å². The maximum Gasteiger partial charge on any atom is 0.135 e. The van der Waals surface area contributed by atoms with E-state index in [0.717, 1.165) is 24.2 Å². The Bertz CT molecular complexity index is 569. The zero-order valence-electron chi connectivity index (χ0n) is 16.6. The number of nitrogens with two attached hydrogens (primary N) is 1. The Morgan fingerprint density at radius 1 is 0.786 bits per heavy atom. The van der Waals surface area contributed by atoms with Gasteiger partial charge in [0.2, 0.25) is 0 Å². The number of aliphatic hydroxyl groups excluding tert-OH is 1. The van der Waals surface area contributed by atoms with Crippen molar-refractivity contribution in [2.24, 2.45) is 0 Å². The predicted molar refractivity (Wildman–Crippen MR) is 106 cm³/mol. The summed E-state index contributed by atoms with van der Waals surface area (Å²) >= 11 is 0. The topological polar surface area (TPSA) is 89.7 Å². The molecule has 28 heavy (non-hydrogen) atoms. The molecule has 3 N–H and O–H groups in total. The average molecular weight is 396 g/mol. The molecule has 2 aliphatic heterocycles. The lowest BCUT2D eigenvalue weighted by molar-refractivity contribution is -0.0421. The van der Waals surface area contributed by atoms with Crippen molar-refractivity contribution in [2.75, 3.05) is 84.8 Å². The molecule has 2 heterocycles. The van der Waals surface area contributed by atoms with Gasteiger partial charge in [0.15, 0.2) is 0 Å². The molecule has 1 unspecified atom stereocenters. The van der Waals surface area contributed by atoms with E-state index in [-0.39, 0.29) is 0 Å². The highest BCUT2D eigenvalue weighted by Gasteiger charge is 2.22. The van der Waals surface area contributed by atoms with Crippen LogP contribution in [-0.2, 0) is 25.5 Å². The quantitative estimate of drug-likeness (QED) is 0.613. The first-order chi connectivity index (χ1) is 13.8. The third kappa shape index (κ3) is 6.38. The van der Waals surface area contributed by atoms with Crippen LogP contribution in [0.2, 0.25) is 0 Å². The summed E-state index contributed by atoms with van der Waals surface area (Å²) in [7, 11) is 0. The van der Waals surface area contributed by atoms with Gasteiger partial charge in [0.1, 0.15) is 6.23 Å². The summed E-state index contributed by atoms with van der Waals surface area (Å²) in [6.07, 6.45) is -0.802. The van der Waals surface area contributed by atoms with Crippen molar-refractivity contribution in [3.8, 4) is 0 Å². The summed E-state index contributed by atoms with van der Waals surface area (Å²) in [6.45, 7) is 7.87. The van der Waals surface area contributed by atoms with Gasteiger partial charge >= 0.3 is 0 Å². The Hall–Kier alpha value is -1.26. The largest absolute Gasteiger partial charge is 0.398 e. The number of rotatable bonds is 0. The smallest absolute Gasteiger partial charge is 0.135 e. The molecular formula is C20H33N3O5. The van der Waals surface area contributed by atoms with E-state index < -0.39 is 6.23 Å². The third-order valence-electron chi connectivity index (χ3n) is 5.14. The Morgan fingerprint density at radius 2 is 1.32 bits per heavy atom. The summed E-state index contributed by atoms with van der Waals surface area (Å²) in [4.78, 5) is 4.20. The lowest BCUT2D eigenvalue weighted by Crippen LogP contribution is -2.35. The number of para-hydroxylation sites is 1. The zero-order chi connectivity index (χ0) is 19.6. The van der Waals surface area contributed by atoms with Gasteiger partial charge in [-0.25, -0.2) is 0 Å². The first-order valence-corrected chi connectivity index (χ1v) is 10.1. The molecule has 0 fully saturated rings. The molecule has 2 aliphatic rings. The van der Waals surface area contributed by atoms with Crippen LogP contribution in [0.15, 0.2) is 18.2 Å². The van der Waals surface area contributed by atoms with Crippen molar-refractivity contribution in [3.05, 3.63) is 29.3 Å². The highest BCUT2D eigenvalue weighted by molar-refractivity contribution is 5.54. The molecule has 1 atom stereocenters. The average Bonchev–Trinajstić information content (AvgIpc) is 2.70. The number of nitrogens with zero attached hydrogens (tertiary/aromatic N) is 2. The maximum atomic E-state index is 11.0. The van der Waals surface area contributed by atoms with E-state index in [2.05, 4.69) is 4.90 Å². The van der Waals surface area contributed by atoms with E-state index in [4.69, 9.17) is 24.7 Å². The summed E-state index contributed by atoms with van der Waals surface area (Å²) in [5, 5.41) is 11.0. The second-order valence-corrected chi connectivity index (χ2v) is 7.06. The number of ether oxygens (including phenoxy) is 4. The van der Waals surface area contributed by atoms with Gasteiger partial charge in [-0.2, -0.15) is 0 Å². The first kappa shape index (κ1) is 21.4.